The highest BCUT2D eigenvalue weighted by Gasteiger charge is 2.43. The van der Waals surface area contributed by atoms with Crippen LogP contribution in [0, 0.1) is 11.3 Å². The molecule has 0 aromatic heterocycles. The lowest BCUT2D eigenvalue weighted by Gasteiger charge is -2.24. The van der Waals surface area contributed by atoms with Gasteiger partial charge in [0.2, 0.25) is 5.91 Å². The number of ether oxygens (including phenoxy) is 1. The molecule has 1 amide bonds. The number of carbonyl (C=O) groups excluding carboxylic acids is 1. The predicted molar refractivity (Wildman–Crippen MR) is 74.3 cm³/mol. The molecule has 0 spiro atoms. The van der Waals surface area contributed by atoms with Crippen LogP contribution in [0.25, 0.3) is 0 Å². The summed E-state index contributed by atoms with van der Waals surface area (Å²) in [7, 11) is 0. The monoisotopic (exact) mass is 283 g/mol. The fraction of sp³-hybridized carbons (Fsp3) is 0.867. The minimum Gasteiger partial charge on any atom is -0.481 e. The van der Waals surface area contributed by atoms with E-state index < -0.39 is 11.4 Å². The van der Waals surface area contributed by atoms with E-state index in [1.807, 2.05) is 0 Å². The Morgan fingerprint density at radius 1 is 1.35 bits per heavy atom. The molecule has 1 aliphatic carbocycles. The van der Waals surface area contributed by atoms with Crippen molar-refractivity contribution in [2.75, 3.05) is 13.2 Å². The molecule has 0 aromatic carbocycles. The normalized spacial score (nSPS) is 28.4. The zero-order chi connectivity index (χ0) is 14.6. The van der Waals surface area contributed by atoms with Crippen LogP contribution in [0.1, 0.15) is 51.9 Å². The van der Waals surface area contributed by atoms with Crippen LogP contribution >= 0.6 is 0 Å². The molecule has 1 heterocycles. The van der Waals surface area contributed by atoms with Gasteiger partial charge in [-0.3, -0.25) is 9.59 Å². The molecule has 1 saturated heterocycles. The van der Waals surface area contributed by atoms with Crippen molar-refractivity contribution in [1.82, 2.24) is 5.32 Å². The van der Waals surface area contributed by atoms with Gasteiger partial charge in [0.1, 0.15) is 0 Å². The van der Waals surface area contributed by atoms with E-state index in [2.05, 4.69) is 12.2 Å². The summed E-state index contributed by atoms with van der Waals surface area (Å²) < 4.78 is 5.59. The fourth-order valence-corrected chi connectivity index (χ4v) is 3.51. The molecule has 0 radical (unpaired) electrons. The number of aliphatic carboxylic acids is 1. The Morgan fingerprint density at radius 2 is 2.05 bits per heavy atom. The summed E-state index contributed by atoms with van der Waals surface area (Å²) in [5.74, 6) is -0.579. The third-order valence-corrected chi connectivity index (χ3v) is 4.82. The predicted octanol–water partition coefficient (Wildman–Crippen LogP) is 1.95. The lowest BCUT2D eigenvalue weighted by molar-refractivity contribution is -0.151. The minimum absolute atomic E-state index is 0.118. The minimum atomic E-state index is -0.819. The van der Waals surface area contributed by atoms with Crippen molar-refractivity contribution in [1.29, 1.82) is 0 Å². The molecule has 20 heavy (non-hydrogen) atoms. The smallest absolute Gasteiger partial charge is 0.310 e. The Labute approximate surface area is 120 Å². The Hall–Kier alpha value is -1.10. The maximum atomic E-state index is 12.0. The molecule has 2 unspecified atom stereocenters. The summed E-state index contributed by atoms with van der Waals surface area (Å²) >= 11 is 0. The molecule has 2 rings (SSSR count). The van der Waals surface area contributed by atoms with Gasteiger partial charge in [0, 0.05) is 25.5 Å². The molecule has 2 fully saturated rings. The molecule has 5 heteroatoms. The quantitative estimate of drug-likeness (QED) is 0.781. The van der Waals surface area contributed by atoms with Crippen LogP contribution < -0.4 is 5.32 Å². The van der Waals surface area contributed by atoms with Crippen molar-refractivity contribution >= 4 is 11.9 Å². The van der Waals surface area contributed by atoms with E-state index in [0.717, 1.165) is 32.3 Å². The number of carbonyl (C=O) groups is 2. The first-order valence-electron chi connectivity index (χ1n) is 7.69. The molecule has 114 valence electrons. The van der Waals surface area contributed by atoms with Crippen molar-refractivity contribution in [3.63, 3.8) is 0 Å². The summed E-state index contributed by atoms with van der Waals surface area (Å²) in [5.41, 5.74) is -0.819. The molecule has 2 aliphatic rings. The molecular weight excluding hydrogens is 258 g/mol. The molecular formula is C15H25NO4. The van der Waals surface area contributed by atoms with Gasteiger partial charge in [0.15, 0.2) is 0 Å². The first kappa shape index (κ1) is 15.3. The van der Waals surface area contributed by atoms with E-state index in [1.165, 1.54) is 0 Å². The van der Waals surface area contributed by atoms with E-state index in [4.69, 9.17) is 4.74 Å². The fourth-order valence-electron chi connectivity index (χ4n) is 3.51. The number of amides is 1. The topological polar surface area (TPSA) is 75.6 Å². The largest absolute Gasteiger partial charge is 0.481 e. The van der Waals surface area contributed by atoms with Crippen LogP contribution in [0.2, 0.25) is 0 Å². The maximum absolute atomic E-state index is 12.0. The number of nitrogens with one attached hydrogen (secondary N) is 1. The maximum Gasteiger partial charge on any atom is 0.310 e. The van der Waals surface area contributed by atoms with Gasteiger partial charge in [-0.25, -0.2) is 0 Å². The Kier molecular flexibility index (Phi) is 5.02. The second kappa shape index (κ2) is 6.57. The molecule has 1 saturated carbocycles. The summed E-state index contributed by atoms with van der Waals surface area (Å²) in [5, 5.41) is 12.3. The summed E-state index contributed by atoms with van der Waals surface area (Å²) in [4.78, 5) is 23.5. The molecule has 2 N–H and O–H groups in total. The van der Waals surface area contributed by atoms with Crippen LogP contribution in [-0.2, 0) is 14.3 Å². The van der Waals surface area contributed by atoms with Crippen LogP contribution in [0.3, 0.4) is 0 Å². The number of hydrogen-bond acceptors (Lipinski definition) is 3. The van der Waals surface area contributed by atoms with Gasteiger partial charge >= 0.3 is 5.97 Å². The molecule has 0 aromatic rings. The first-order chi connectivity index (χ1) is 9.57. The van der Waals surface area contributed by atoms with Crippen LogP contribution in [-0.4, -0.2) is 36.2 Å². The number of carboxylic acids is 1. The summed E-state index contributed by atoms with van der Waals surface area (Å²) in [6.07, 6.45) is 5.35. The van der Waals surface area contributed by atoms with E-state index in [0.29, 0.717) is 25.3 Å². The average Bonchev–Trinajstić information content (AvgIpc) is 3.05. The number of carboxylic acid groups (broad SMARTS) is 1. The molecule has 0 bridgehead atoms. The van der Waals surface area contributed by atoms with Gasteiger partial charge in [-0.2, -0.15) is 0 Å². The van der Waals surface area contributed by atoms with Gasteiger partial charge in [0.05, 0.1) is 11.5 Å². The second-order valence-electron chi connectivity index (χ2n) is 6.14. The molecule has 5 nitrogen and oxygen atoms in total. The van der Waals surface area contributed by atoms with Crippen molar-refractivity contribution in [2.24, 2.45) is 11.3 Å². The standard InChI is InChI=1S/C15H25NO4/c1-2-12-11(5-8-20-12)10-16-13(17)9-15(14(18)19)6-3-4-7-15/h11-12H,2-10H2,1H3,(H,16,17)(H,18,19). The third kappa shape index (κ3) is 3.32. The highest BCUT2D eigenvalue weighted by atomic mass is 16.5. The average molecular weight is 283 g/mol. The summed E-state index contributed by atoms with van der Waals surface area (Å²) in [6.45, 7) is 3.45. The van der Waals surface area contributed by atoms with E-state index in [1.54, 1.807) is 0 Å². The van der Waals surface area contributed by atoms with Gasteiger partial charge in [-0.05, 0) is 25.7 Å². The lowest BCUT2D eigenvalue weighted by atomic mass is 9.82. The molecule has 2 atom stereocenters. The van der Waals surface area contributed by atoms with E-state index in [9.17, 15) is 14.7 Å². The van der Waals surface area contributed by atoms with Gasteiger partial charge in [-0.15, -0.1) is 0 Å². The Bertz CT molecular complexity index is 363. The van der Waals surface area contributed by atoms with Gasteiger partial charge in [-0.1, -0.05) is 19.8 Å². The van der Waals surface area contributed by atoms with Crippen LogP contribution in [0.5, 0.6) is 0 Å². The first-order valence-corrected chi connectivity index (χ1v) is 7.69. The van der Waals surface area contributed by atoms with Crippen LogP contribution in [0.15, 0.2) is 0 Å². The van der Waals surface area contributed by atoms with E-state index in [-0.39, 0.29) is 18.4 Å². The highest BCUT2D eigenvalue weighted by molar-refractivity contribution is 5.85. The zero-order valence-corrected chi connectivity index (χ0v) is 12.2. The summed E-state index contributed by atoms with van der Waals surface area (Å²) in [6, 6.07) is 0. The SMILES string of the molecule is CCC1OCCC1CNC(=O)CC1(C(=O)O)CCCC1. The second-order valence-corrected chi connectivity index (χ2v) is 6.14. The van der Waals surface area contributed by atoms with Crippen molar-refractivity contribution in [2.45, 2.75) is 58.0 Å². The van der Waals surface area contributed by atoms with Crippen molar-refractivity contribution in [3.05, 3.63) is 0 Å². The van der Waals surface area contributed by atoms with Gasteiger partial charge < -0.3 is 15.2 Å². The third-order valence-electron chi connectivity index (χ3n) is 4.82. The number of rotatable bonds is 6. The molecule has 1 aliphatic heterocycles. The Morgan fingerprint density at radius 3 is 2.65 bits per heavy atom. The van der Waals surface area contributed by atoms with E-state index >= 15 is 0 Å². The van der Waals surface area contributed by atoms with Crippen molar-refractivity contribution < 1.29 is 19.4 Å². The lowest BCUT2D eigenvalue weighted by Crippen LogP contribution is -2.38. The Balaban J connectivity index is 1.81. The zero-order valence-electron chi connectivity index (χ0n) is 12.2. The van der Waals surface area contributed by atoms with Crippen LogP contribution in [0.4, 0.5) is 0 Å². The number of hydrogen-bond donors (Lipinski definition) is 2. The van der Waals surface area contributed by atoms with Gasteiger partial charge in [0.25, 0.3) is 0 Å². The van der Waals surface area contributed by atoms with Crippen molar-refractivity contribution in [3.8, 4) is 0 Å². The highest BCUT2D eigenvalue weighted by Crippen LogP contribution is 2.41.